The fourth-order valence-corrected chi connectivity index (χ4v) is 8.48. The number of rotatable bonds is 6. The van der Waals surface area contributed by atoms with Gasteiger partial charge < -0.3 is 19.5 Å². The summed E-state index contributed by atoms with van der Waals surface area (Å²) in [6.45, 7) is 7.23. The van der Waals surface area contributed by atoms with Crippen LogP contribution in [0.3, 0.4) is 0 Å². The van der Waals surface area contributed by atoms with Crippen LogP contribution in [0.1, 0.15) is 69.8 Å². The highest BCUT2D eigenvalue weighted by atomic mass is 35.5. The topological polar surface area (TPSA) is 83.8 Å². The molecule has 5 aliphatic rings. The molecule has 5 fully saturated rings. The third-order valence-electron chi connectivity index (χ3n) is 10.3. The van der Waals surface area contributed by atoms with Crippen LogP contribution in [0.4, 0.5) is 10.2 Å². The molecule has 0 bridgehead atoms. The van der Waals surface area contributed by atoms with E-state index in [-0.39, 0.29) is 40.0 Å². The maximum absolute atomic E-state index is 16.7. The Bertz CT molecular complexity index is 1560. The number of nitrogens with zero attached hydrogens (tertiary/aromatic N) is 5. The summed E-state index contributed by atoms with van der Waals surface area (Å²) in [5.74, 6) is 0.929. The van der Waals surface area contributed by atoms with Crippen molar-refractivity contribution in [3.8, 4) is 23.0 Å². The Morgan fingerprint density at radius 3 is 2.79 bits per heavy atom. The van der Waals surface area contributed by atoms with Crippen molar-refractivity contribution in [3.05, 3.63) is 34.7 Å². The molecule has 1 N–H and O–H groups in total. The highest BCUT2D eigenvalue weighted by molar-refractivity contribution is 6.32. The molecular formula is C32H37ClFN5O3. The van der Waals surface area contributed by atoms with Gasteiger partial charge in [0.2, 0.25) is 0 Å². The summed E-state index contributed by atoms with van der Waals surface area (Å²) >= 11 is 6.57. The van der Waals surface area contributed by atoms with Crippen molar-refractivity contribution < 1.29 is 19.0 Å². The van der Waals surface area contributed by atoms with Crippen molar-refractivity contribution in [2.45, 2.75) is 75.3 Å². The number of phenolic OH excluding ortho intramolecular Hbond substituents is 1. The van der Waals surface area contributed by atoms with Gasteiger partial charge in [0.25, 0.3) is 0 Å². The molecule has 1 aromatic carbocycles. The Morgan fingerprint density at radius 2 is 2.00 bits per heavy atom. The zero-order valence-corrected chi connectivity index (χ0v) is 24.8. The van der Waals surface area contributed by atoms with Crippen molar-refractivity contribution in [1.29, 1.82) is 0 Å². The van der Waals surface area contributed by atoms with E-state index in [2.05, 4.69) is 21.7 Å². The molecule has 0 radical (unpaired) electrons. The van der Waals surface area contributed by atoms with Gasteiger partial charge in [0.1, 0.15) is 29.4 Å². The molecular weight excluding hydrogens is 557 g/mol. The van der Waals surface area contributed by atoms with Gasteiger partial charge in [0.05, 0.1) is 23.1 Å². The first-order chi connectivity index (χ1) is 20.3. The quantitative estimate of drug-likeness (QED) is 0.368. The van der Waals surface area contributed by atoms with Crippen LogP contribution >= 0.6 is 11.6 Å². The van der Waals surface area contributed by atoms with Crippen LogP contribution in [0, 0.1) is 11.7 Å². The Morgan fingerprint density at radius 1 is 1.17 bits per heavy atom. The molecule has 8 nitrogen and oxygen atoms in total. The number of ether oxygens (including phenoxy) is 2. The smallest absolute Gasteiger partial charge is 0.319 e. The van der Waals surface area contributed by atoms with E-state index in [0.29, 0.717) is 40.9 Å². The predicted molar refractivity (Wildman–Crippen MR) is 159 cm³/mol. The number of benzene rings is 1. The molecule has 2 aromatic heterocycles. The van der Waals surface area contributed by atoms with Crippen LogP contribution in [0.25, 0.3) is 22.2 Å². The van der Waals surface area contributed by atoms with Gasteiger partial charge in [0.15, 0.2) is 5.82 Å². The van der Waals surface area contributed by atoms with Crippen LogP contribution in [0.15, 0.2) is 18.3 Å². The number of anilines is 1. The molecule has 1 saturated carbocycles. The summed E-state index contributed by atoms with van der Waals surface area (Å²) in [7, 11) is 0. The number of piperidine rings is 1. The summed E-state index contributed by atoms with van der Waals surface area (Å²) in [5, 5.41) is 11.4. The lowest BCUT2D eigenvalue weighted by molar-refractivity contribution is -0.151. The van der Waals surface area contributed by atoms with Gasteiger partial charge in [0, 0.05) is 42.8 Å². The fourth-order valence-electron chi connectivity index (χ4n) is 8.11. The van der Waals surface area contributed by atoms with E-state index in [4.69, 9.17) is 31.0 Å². The number of hydrogen-bond donors (Lipinski definition) is 1. The molecule has 3 aromatic rings. The first kappa shape index (κ1) is 26.8. The number of hydrogen-bond acceptors (Lipinski definition) is 8. The molecule has 42 heavy (non-hydrogen) atoms. The molecule has 1 aliphatic carbocycles. The van der Waals surface area contributed by atoms with Gasteiger partial charge in [-0.25, -0.2) is 4.39 Å². The van der Waals surface area contributed by atoms with Gasteiger partial charge >= 0.3 is 6.01 Å². The minimum absolute atomic E-state index is 0.00766. The summed E-state index contributed by atoms with van der Waals surface area (Å²) in [6, 6.07) is 3.28. The zero-order valence-electron chi connectivity index (χ0n) is 24.0. The number of aromatic hydroxyl groups is 1. The molecule has 3 atom stereocenters. The van der Waals surface area contributed by atoms with Crippen LogP contribution in [0.2, 0.25) is 5.02 Å². The molecule has 6 heterocycles. The third-order valence-corrected chi connectivity index (χ3v) is 10.6. The standard InChI is InChI=1S/C32H37ClFN5O3/c1-19-14-31(6-2-10-39(31)16-19)18-41-30-36-28-23(29(37-30)38-9-3-7-32(17-38)8-11-42-32)15-35-27(26(28)34)22-12-21(40)13-24(33)25(22)20-4-5-20/h12-13,15,19-20,40H,2-11,14,16-18H2,1H3/t19-,31+,32?/m1/s1. The Hall–Kier alpha value is -2.75. The monoisotopic (exact) mass is 593 g/mol. The SMILES string of the molecule is C[C@H]1CN2CCC[C@@]2(COc2nc(N3CCCC4(CCO4)C3)c3cnc(-c4cc(O)cc(Cl)c4C4CC4)c(F)c3n2)C1. The molecule has 222 valence electrons. The van der Waals surface area contributed by atoms with Crippen molar-refractivity contribution in [3.63, 3.8) is 0 Å². The van der Waals surface area contributed by atoms with Crippen molar-refractivity contribution in [1.82, 2.24) is 19.9 Å². The lowest BCUT2D eigenvalue weighted by atomic mass is 9.86. The number of pyridine rings is 1. The summed E-state index contributed by atoms with van der Waals surface area (Å²) in [6.07, 6.45) is 9.98. The number of aromatic nitrogens is 3. The van der Waals surface area contributed by atoms with Crippen LogP contribution in [-0.4, -0.2) is 75.5 Å². The molecule has 4 saturated heterocycles. The van der Waals surface area contributed by atoms with Crippen molar-refractivity contribution in [2.75, 3.05) is 44.3 Å². The second kappa shape index (κ2) is 9.89. The summed E-state index contributed by atoms with van der Waals surface area (Å²) in [5.41, 5.74) is 1.50. The second-order valence-corrected chi connectivity index (χ2v) is 13.8. The second-order valence-electron chi connectivity index (χ2n) is 13.4. The summed E-state index contributed by atoms with van der Waals surface area (Å²) < 4.78 is 29.1. The number of phenols is 1. The number of fused-ring (bicyclic) bond motifs is 2. The van der Waals surface area contributed by atoms with E-state index in [1.165, 1.54) is 6.07 Å². The fraction of sp³-hybridized carbons (Fsp3) is 0.594. The first-order valence-corrected chi connectivity index (χ1v) is 15.9. The van der Waals surface area contributed by atoms with Crippen molar-refractivity contribution >= 4 is 28.3 Å². The highest BCUT2D eigenvalue weighted by Gasteiger charge is 2.48. The predicted octanol–water partition coefficient (Wildman–Crippen LogP) is 6.08. The minimum Gasteiger partial charge on any atom is -0.508 e. The zero-order chi connectivity index (χ0) is 28.6. The normalized spacial score (nSPS) is 29.3. The Balaban J connectivity index is 1.23. The largest absolute Gasteiger partial charge is 0.508 e. The van der Waals surface area contributed by atoms with Crippen molar-refractivity contribution in [2.24, 2.45) is 5.92 Å². The molecule has 8 rings (SSSR count). The van der Waals surface area contributed by atoms with E-state index < -0.39 is 5.82 Å². The lowest BCUT2D eigenvalue weighted by Gasteiger charge is -2.48. The van der Waals surface area contributed by atoms with E-state index in [9.17, 15) is 5.11 Å². The van der Waals surface area contributed by atoms with E-state index in [0.717, 1.165) is 83.2 Å². The Labute approximate surface area is 250 Å². The average molecular weight is 594 g/mol. The van der Waals surface area contributed by atoms with E-state index in [1.807, 2.05) is 0 Å². The van der Waals surface area contributed by atoms with Gasteiger partial charge in [-0.3, -0.25) is 9.88 Å². The third kappa shape index (κ3) is 4.42. The molecule has 10 heteroatoms. The minimum atomic E-state index is -0.550. The van der Waals surface area contributed by atoms with Crippen LogP contribution in [-0.2, 0) is 4.74 Å². The van der Waals surface area contributed by atoms with Gasteiger partial charge in [-0.2, -0.15) is 9.97 Å². The average Bonchev–Trinajstić information content (AvgIpc) is 3.64. The lowest BCUT2D eigenvalue weighted by Crippen LogP contribution is -2.56. The highest BCUT2D eigenvalue weighted by Crippen LogP contribution is 2.49. The molecule has 4 aliphatic heterocycles. The van der Waals surface area contributed by atoms with E-state index >= 15 is 4.39 Å². The van der Waals surface area contributed by atoms with E-state index in [1.54, 1.807) is 12.3 Å². The number of halogens is 2. The van der Waals surface area contributed by atoms with Gasteiger partial charge in [-0.1, -0.05) is 18.5 Å². The van der Waals surface area contributed by atoms with Crippen LogP contribution in [0.5, 0.6) is 11.8 Å². The molecule has 1 spiro atoms. The van der Waals surface area contributed by atoms with Crippen LogP contribution < -0.4 is 9.64 Å². The van der Waals surface area contributed by atoms with Gasteiger partial charge in [-0.15, -0.1) is 0 Å². The van der Waals surface area contributed by atoms with Gasteiger partial charge in [-0.05, 0) is 81.0 Å². The maximum atomic E-state index is 16.7. The molecule has 0 amide bonds. The summed E-state index contributed by atoms with van der Waals surface area (Å²) in [4.78, 5) is 19.0. The Kier molecular flexibility index (Phi) is 6.32. The maximum Gasteiger partial charge on any atom is 0.319 e. The first-order valence-electron chi connectivity index (χ1n) is 15.5. The molecule has 1 unspecified atom stereocenters.